The molecule has 0 spiro atoms. The molecule has 2 aliphatic heterocycles. The molecule has 2 atom stereocenters. The summed E-state index contributed by atoms with van der Waals surface area (Å²) < 4.78 is 7.77. The van der Waals surface area contributed by atoms with E-state index in [1.807, 2.05) is 30.6 Å². The highest BCUT2D eigenvalue weighted by Gasteiger charge is 2.42. The summed E-state index contributed by atoms with van der Waals surface area (Å²) in [6.07, 6.45) is 3.71. The summed E-state index contributed by atoms with van der Waals surface area (Å²) >= 11 is 5.97. The highest BCUT2D eigenvalue weighted by Crippen LogP contribution is 2.44. The van der Waals surface area contributed by atoms with Crippen molar-refractivity contribution >= 4 is 28.7 Å². The number of hydrogen-bond acceptors (Lipinski definition) is 5. The zero-order valence-corrected chi connectivity index (χ0v) is 22.8. The van der Waals surface area contributed by atoms with Crippen molar-refractivity contribution in [2.75, 3.05) is 36.1 Å². The molecule has 2 saturated heterocycles. The van der Waals surface area contributed by atoms with Gasteiger partial charge >= 0.3 is 0 Å². The van der Waals surface area contributed by atoms with Crippen LogP contribution in [0.15, 0.2) is 73.1 Å². The molecule has 0 saturated carbocycles. The van der Waals surface area contributed by atoms with E-state index in [1.165, 1.54) is 16.8 Å². The van der Waals surface area contributed by atoms with Crippen molar-refractivity contribution in [3.63, 3.8) is 0 Å². The van der Waals surface area contributed by atoms with Gasteiger partial charge in [-0.25, -0.2) is 4.98 Å². The summed E-state index contributed by atoms with van der Waals surface area (Å²) in [5.74, 6) is 0.926. The van der Waals surface area contributed by atoms with Gasteiger partial charge in [0.2, 0.25) is 0 Å². The summed E-state index contributed by atoms with van der Waals surface area (Å²) in [6.45, 7) is 9.75. The van der Waals surface area contributed by atoms with Gasteiger partial charge in [-0.15, -0.1) is 0 Å². The van der Waals surface area contributed by atoms with E-state index >= 15 is 0 Å². The minimum absolute atomic E-state index is 0.0728. The first-order chi connectivity index (χ1) is 18.5. The smallest absolute Gasteiger partial charge is 0.174 e. The van der Waals surface area contributed by atoms with E-state index in [2.05, 4.69) is 87.9 Å². The predicted octanol–water partition coefficient (Wildman–Crippen LogP) is 5.21. The zero-order valence-electron chi connectivity index (χ0n) is 22.0. The highest BCUT2D eigenvalue weighted by atomic mass is 32.1. The van der Waals surface area contributed by atoms with Crippen molar-refractivity contribution in [3.8, 4) is 5.82 Å². The fraction of sp³-hybridized carbons (Fsp3) is 0.300. The summed E-state index contributed by atoms with van der Waals surface area (Å²) in [5, 5.41) is 4.29. The SMILES string of the molecule is Cc1ccnc(-n2c(C)cc([C@H]3[C@H](c4ccccn4)NC(=S)N3c3ccc(N4CCOCC4)cc3)c2C)c1. The molecule has 7 nitrogen and oxygen atoms in total. The lowest BCUT2D eigenvalue weighted by atomic mass is 9.96. The van der Waals surface area contributed by atoms with Crippen molar-refractivity contribution in [1.29, 1.82) is 0 Å². The Morgan fingerprint density at radius 1 is 0.895 bits per heavy atom. The molecule has 5 heterocycles. The number of pyridine rings is 2. The second kappa shape index (κ2) is 10.2. The molecule has 4 aromatic rings. The minimum atomic E-state index is -0.0953. The van der Waals surface area contributed by atoms with Crippen molar-refractivity contribution in [3.05, 3.63) is 101 Å². The van der Waals surface area contributed by atoms with Crippen molar-refractivity contribution in [2.45, 2.75) is 32.9 Å². The minimum Gasteiger partial charge on any atom is -0.378 e. The lowest BCUT2D eigenvalue weighted by Gasteiger charge is -2.31. The molecule has 2 fully saturated rings. The molecule has 0 aliphatic carbocycles. The molecule has 1 aromatic carbocycles. The van der Waals surface area contributed by atoms with Crippen LogP contribution in [0.2, 0.25) is 0 Å². The van der Waals surface area contributed by atoms with Crippen LogP contribution in [0.3, 0.4) is 0 Å². The van der Waals surface area contributed by atoms with Crippen LogP contribution in [0.25, 0.3) is 5.82 Å². The lowest BCUT2D eigenvalue weighted by molar-refractivity contribution is 0.122. The molecule has 2 aliphatic rings. The number of nitrogens with one attached hydrogen (secondary N) is 1. The molecule has 8 heteroatoms. The third-order valence-corrected chi connectivity index (χ3v) is 7.84. The van der Waals surface area contributed by atoms with Gasteiger partial charge in [-0.05, 0) is 98.7 Å². The molecule has 0 bridgehead atoms. The summed E-state index contributed by atoms with van der Waals surface area (Å²) in [5.41, 5.74) is 7.89. The predicted molar refractivity (Wildman–Crippen MR) is 155 cm³/mol. The molecule has 3 aromatic heterocycles. The van der Waals surface area contributed by atoms with E-state index in [1.54, 1.807) is 0 Å². The van der Waals surface area contributed by atoms with Gasteiger partial charge in [0.15, 0.2) is 5.11 Å². The van der Waals surface area contributed by atoms with Crippen LogP contribution in [-0.4, -0.2) is 46.0 Å². The Morgan fingerprint density at radius 2 is 1.66 bits per heavy atom. The van der Waals surface area contributed by atoms with Gasteiger partial charge in [0, 0.05) is 48.2 Å². The Morgan fingerprint density at radius 3 is 2.37 bits per heavy atom. The molecule has 0 radical (unpaired) electrons. The first kappa shape index (κ1) is 24.6. The standard InChI is InChI=1S/C30H32N6OS/c1-20-11-13-32-27(18-20)35-21(2)19-25(22(35)3)29-28(26-6-4-5-12-31-26)33-30(38)36(29)24-9-7-23(8-10-24)34-14-16-37-17-15-34/h4-13,18-19,28-29H,14-17H2,1-3H3,(H,33,38)/t28-,29-/m0/s1. The maximum Gasteiger partial charge on any atom is 0.174 e. The van der Waals surface area contributed by atoms with E-state index in [-0.39, 0.29) is 12.1 Å². The fourth-order valence-electron chi connectivity index (χ4n) is 5.68. The fourth-order valence-corrected chi connectivity index (χ4v) is 6.02. The van der Waals surface area contributed by atoms with Crippen LogP contribution in [0.1, 0.15) is 40.3 Å². The number of anilines is 2. The topological polar surface area (TPSA) is 58.5 Å². The number of hydrogen-bond donors (Lipinski definition) is 1. The number of ether oxygens (including phenoxy) is 1. The Bertz CT molecular complexity index is 1450. The van der Waals surface area contributed by atoms with E-state index < -0.39 is 0 Å². The van der Waals surface area contributed by atoms with Crippen molar-refractivity contribution < 1.29 is 4.74 Å². The van der Waals surface area contributed by atoms with Crippen molar-refractivity contribution in [2.24, 2.45) is 0 Å². The van der Waals surface area contributed by atoms with Gasteiger partial charge in [-0.3, -0.25) is 4.98 Å². The maximum absolute atomic E-state index is 5.97. The zero-order chi connectivity index (χ0) is 26.2. The van der Waals surface area contributed by atoms with Crippen LogP contribution in [0.5, 0.6) is 0 Å². The average molecular weight is 525 g/mol. The van der Waals surface area contributed by atoms with Crippen molar-refractivity contribution in [1.82, 2.24) is 19.9 Å². The van der Waals surface area contributed by atoms with Gasteiger partial charge in [0.25, 0.3) is 0 Å². The Balaban J connectivity index is 1.43. The molecule has 0 amide bonds. The first-order valence-corrected chi connectivity index (χ1v) is 13.5. The van der Waals surface area contributed by atoms with Crippen LogP contribution in [0, 0.1) is 20.8 Å². The molecular formula is C30H32N6OS. The first-order valence-electron chi connectivity index (χ1n) is 13.1. The van der Waals surface area contributed by atoms with Gasteiger partial charge in [0.05, 0.1) is 31.0 Å². The van der Waals surface area contributed by atoms with E-state index in [4.69, 9.17) is 21.9 Å². The van der Waals surface area contributed by atoms with Gasteiger partial charge in [-0.2, -0.15) is 0 Å². The number of rotatable bonds is 5. The molecule has 1 N–H and O–H groups in total. The van der Waals surface area contributed by atoms with Gasteiger partial charge < -0.3 is 24.4 Å². The molecular weight excluding hydrogens is 492 g/mol. The maximum atomic E-state index is 5.97. The highest BCUT2D eigenvalue weighted by molar-refractivity contribution is 7.80. The molecule has 0 unspecified atom stereocenters. The second-order valence-electron chi connectivity index (χ2n) is 9.97. The summed E-state index contributed by atoms with van der Waals surface area (Å²) in [4.78, 5) is 14.0. The largest absolute Gasteiger partial charge is 0.378 e. The lowest BCUT2D eigenvalue weighted by Crippen LogP contribution is -2.36. The molecule has 38 heavy (non-hydrogen) atoms. The number of morpholine rings is 1. The number of nitrogens with zero attached hydrogens (tertiary/aromatic N) is 5. The number of aromatic nitrogens is 3. The van der Waals surface area contributed by atoms with Crippen LogP contribution < -0.4 is 15.1 Å². The van der Waals surface area contributed by atoms with E-state index in [0.717, 1.165) is 54.9 Å². The normalized spacial score (nSPS) is 19.6. The summed E-state index contributed by atoms with van der Waals surface area (Å²) in [6, 6.07) is 21.0. The average Bonchev–Trinajstić information content (AvgIpc) is 3.44. The van der Waals surface area contributed by atoms with Crippen LogP contribution >= 0.6 is 12.2 Å². The number of aryl methyl sites for hydroxylation is 2. The molecule has 194 valence electrons. The third-order valence-electron chi connectivity index (χ3n) is 7.52. The van der Waals surface area contributed by atoms with E-state index in [0.29, 0.717) is 5.11 Å². The Kier molecular flexibility index (Phi) is 6.59. The Hall–Kier alpha value is -3.75. The summed E-state index contributed by atoms with van der Waals surface area (Å²) in [7, 11) is 0. The third kappa shape index (κ3) is 4.44. The van der Waals surface area contributed by atoms with Crippen LogP contribution in [-0.2, 0) is 4.74 Å². The monoisotopic (exact) mass is 524 g/mol. The number of benzene rings is 1. The van der Waals surface area contributed by atoms with Crippen LogP contribution in [0.4, 0.5) is 11.4 Å². The quantitative estimate of drug-likeness (QED) is 0.360. The molecule has 6 rings (SSSR count). The number of thiocarbonyl (C=S) groups is 1. The van der Waals surface area contributed by atoms with E-state index in [9.17, 15) is 0 Å². The van der Waals surface area contributed by atoms with Gasteiger partial charge in [0.1, 0.15) is 5.82 Å². The Labute approximate surface area is 229 Å². The second-order valence-corrected chi connectivity index (χ2v) is 10.4. The van der Waals surface area contributed by atoms with Gasteiger partial charge in [-0.1, -0.05) is 6.07 Å².